The van der Waals surface area contributed by atoms with E-state index in [0.29, 0.717) is 16.9 Å². The number of hydrogen-bond acceptors (Lipinski definition) is 2. The van der Waals surface area contributed by atoms with Gasteiger partial charge in [-0.25, -0.2) is 4.39 Å². The highest BCUT2D eigenvalue weighted by Gasteiger charge is 2.18. The number of aryl methyl sites for hydroxylation is 2. The molecule has 98 valence electrons. The summed E-state index contributed by atoms with van der Waals surface area (Å²) >= 11 is 0. The fraction of sp³-hybridized carbons (Fsp3) is 0.188. The highest BCUT2D eigenvalue weighted by Crippen LogP contribution is 2.27. The van der Waals surface area contributed by atoms with Gasteiger partial charge in [-0.1, -0.05) is 18.2 Å². The Labute approximate surface area is 111 Å². The number of rotatable bonds is 3. The van der Waals surface area contributed by atoms with Gasteiger partial charge in [0.2, 0.25) is 0 Å². The lowest BCUT2D eigenvalue weighted by atomic mass is 9.96. The van der Waals surface area contributed by atoms with Gasteiger partial charge in [-0.05, 0) is 43.2 Å². The fourth-order valence-corrected chi connectivity index (χ4v) is 2.15. The molecule has 0 aliphatic carbocycles. The van der Waals surface area contributed by atoms with E-state index in [2.05, 4.69) is 0 Å². The predicted molar refractivity (Wildman–Crippen MR) is 72.3 cm³/mol. The molecule has 0 aromatic heterocycles. The van der Waals surface area contributed by atoms with Gasteiger partial charge in [-0.3, -0.25) is 4.79 Å². The minimum atomic E-state index is -0.422. The van der Waals surface area contributed by atoms with Crippen molar-refractivity contribution in [3.63, 3.8) is 0 Å². The van der Waals surface area contributed by atoms with Crippen molar-refractivity contribution in [3.05, 3.63) is 64.5 Å². The summed E-state index contributed by atoms with van der Waals surface area (Å²) in [5.74, 6) is -0.129. The normalized spacial score (nSPS) is 10.3. The Hall–Kier alpha value is -2.16. The fourth-order valence-electron chi connectivity index (χ4n) is 2.15. The minimum absolute atomic E-state index is 0.228. The average molecular weight is 258 g/mol. The van der Waals surface area contributed by atoms with E-state index in [9.17, 15) is 9.18 Å². The zero-order chi connectivity index (χ0) is 14.0. The third-order valence-electron chi connectivity index (χ3n) is 2.98. The van der Waals surface area contributed by atoms with Gasteiger partial charge in [0.05, 0.1) is 12.7 Å². The molecule has 0 saturated carbocycles. The number of halogens is 1. The van der Waals surface area contributed by atoms with E-state index in [1.54, 1.807) is 12.1 Å². The van der Waals surface area contributed by atoms with Crippen LogP contribution in [0.1, 0.15) is 27.0 Å². The number of ether oxygens (including phenoxy) is 1. The highest BCUT2D eigenvalue weighted by molar-refractivity contribution is 6.11. The molecule has 0 aliphatic heterocycles. The number of carbonyl (C=O) groups is 1. The monoisotopic (exact) mass is 258 g/mol. The molecule has 0 heterocycles. The van der Waals surface area contributed by atoms with Crippen LogP contribution < -0.4 is 4.74 Å². The summed E-state index contributed by atoms with van der Waals surface area (Å²) in [5.41, 5.74) is 2.65. The molecule has 0 spiro atoms. The SMILES string of the molecule is COc1cc(C)cc(C)c1C(=O)c1cccc(F)c1. The quantitative estimate of drug-likeness (QED) is 0.785. The maximum Gasteiger partial charge on any atom is 0.197 e. The molecule has 0 radical (unpaired) electrons. The number of ketones is 1. The van der Waals surface area contributed by atoms with E-state index in [4.69, 9.17) is 4.74 Å². The van der Waals surface area contributed by atoms with Crippen LogP contribution in [0.15, 0.2) is 36.4 Å². The van der Waals surface area contributed by atoms with Crippen LogP contribution in [0.3, 0.4) is 0 Å². The van der Waals surface area contributed by atoms with Gasteiger partial charge in [0.25, 0.3) is 0 Å². The average Bonchev–Trinajstić information content (AvgIpc) is 2.37. The Morgan fingerprint density at radius 1 is 1.16 bits per heavy atom. The standard InChI is InChI=1S/C16H15FO2/c1-10-7-11(2)15(14(8-10)19-3)16(18)12-5-4-6-13(17)9-12/h4-9H,1-3H3. The number of hydrogen-bond donors (Lipinski definition) is 0. The summed E-state index contributed by atoms with van der Waals surface area (Å²) in [6, 6.07) is 9.40. The summed E-state index contributed by atoms with van der Waals surface area (Å²) in [4.78, 5) is 12.5. The second kappa shape index (κ2) is 5.22. The Morgan fingerprint density at radius 3 is 2.53 bits per heavy atom. The van der Waals surface area contributed by atoms with E-state index in [1.807, 2.05) is 19.9 Å². The van der Waals surface area contributed by atoms with Crippen LogP contribution in [0.25, 0.3) is 0 Å². The zero-order valence-corrected chi connectivity index (χ0v) is 11.2. The van der Waals surface area contributed by atoms with Gasteiger partial charge in [-0.15, -0.1) is 0 Å². The lowest BCUT2D eigenvalue weighted by Crippen LogP contribution is -2.07. The van der Waals surface area contributed by atoms with Gasteiger partial charge in [0, 0.05) is 5.56 Å². The lowest BCUT2D eigenvalue weighted by molar-refractivity contribution is 0.103. The van der Waals surface area contributed by atoms with Crippen LogP contribution in [0, 0.1) is 19.7 Å². The molecule has 0 fully saturated rings. The van der Waals surface area contributed by atoms with Crippen molar-refractivity contribution in [2.45, 2.75) is 13.8 Å². The molecule has 2 aromatic rings. The molecule has 0 bridgehead atoms. The Kier molecular flexibility index (Phi) is 3.65. The first-order valence-corrected chi connectivity index (χ1v) is 5.98. The molecular weight excluding hydrogens is 243 g/mol. The molecule has 0 saturated heterocycles. The third kappa shape index (κ3) is 2.65. The number of carbonyl (C=O) groups excluding carboxylic acids is 1. The lowest BCUT2D eigenvalue weighted by Gasteiger charge is -2.12. The van der Waals surface area contributed by atoms with E-state index < -0.39 is 5.82 Å². The Morgan fingerprint density at radius 2 is 1.89 bits per heavy atom. The van der Waals surface area contributed by atoms with Crippen LogP contribution >= 0.6 is 0 Å². The largest absolute Gasteiger partial charge is 0.496 e. The summed E-state index contributed by atoms with van der Waals surface area (Å²) in [6.45, 7) is 3.79. The van der Waals surface area contributed by atoms with Gasteiger partial charge in [-0.2, -0.15) is 0 Å². The summed E-state index contributed by atoms with van der Waals surface area (Å²) in [6.07, 6.45) is 0. The Bertz CT molecular complexity index is 633. The van der Waals surface area contributed by atoms with Crippen molar-refractivity contribution in [3.8, 4) is 5.75 Å². The minimum Gasteiger partial charge on any atom is -0.496 e. The second-order valence-corrected chi connectivity index (χ2v) is 4.50. The predicted octanol–water partition coefficient (Wildman–Crippen LogP) is 3.68. The maximum absolute atomic E-state index is 13.2. The third-order valence-corrected chi connectivity index (χ3v) is 2.98. The molecule has 2 rings (SSSR count). The molecule has 0 amide bonds. The van der Waals surface area contributed by atoms with Crippen LogP contribution in [0.4, 0.5) is 4.39 Å². The topological polar surface area (TPSA) is 26.3 Å². The first-order chi connectivity index (χ1) is 9.02. The van der Waals surface area contributed by atoms with Gasteiger partial charge >= 0.3 is 0 Å². The van der Waals surface area contributed by atoms with E-state index >= 15 is 0 Å². The number of benzene rings is 2. The van der Waals surface area contributed by atoms with Crippen molar-refractivity contribution in [1.29, 1.82) is 0 Å². The molecule has 2 aromatic carbocycles. The van der Waals surface area contributed by atoms with Gasteiger partial charge in [0.15, 0.2) is 5.78 Å². The van der Waals surface area contributed by atoms with Crippen LogP contribution in [0.5, 0.6) is 5.75 Å². The van der Waals surface area contributed by atoms with Crippen LogP contribution in [0.2, 0.25) is 0 Å². The van der Waals surface area contributed by atoms with Crippen molar-refractivity contribution >= 4 is 5.78 Å². The molecule has 0 atom stereocenters. The maximum atomic E-state index is 13.2. The summed E-state index contributed by atoms with van der Waals surface area (Å²) < 4.78 is 18.5. The molecule has 3 heteroatoms. The van der Waals surface area contributed by atoms with E-state index in [-0.39, 0.29) is 5.78 Å². The highest BCUT2D eigenvalue weighted by atomic mass is 19.1. The molecule has 0 N–H and O–H groups in total. The number of methoxy groups -OCH3 is 1. The summed E-state index contributed by atoms with van der Waals surface area (Å²) in [5, 5.41) is 0. The van der Waals surface area contributed by atoms with Crippen molar-refractivity contribution in [1.82, 2.24) is 0 Å². The molecule has 2 nitrogen and oxygen atoms in total. The zero-order valence-electron chi connectivity index (χ0n) is 11.2. The second-order valence-electron chi connectivity index (χ2n) is 4.50. The van der Waals surface area contributed by atoms with E-state index in [0.717, 1.165) is 11.1 Å². The first kappa shape index (κ1) is 13.3. The van der Waals surface area contributed by atoms with Gasteiger partial charge < -0.3 is 4.74 Å². The van der Waals surface area contributed by atoms with Gasteiger partial charge in [0.1, 0.15) is 11.6 Å². The summed E-state index contributed by atoms with van der Waals surface area (Å²) in [7, 11) is 1.52. The Balaban J connectivity index is 2.56. The first-order valence-electron chi connectivity index (χ1n) is 5.98. The molecular formula is C16H15FO2. The molecule has 19 heavy (non-hydrogen) atoms. The van der Waals surface area contributed by atoms with Crippen molar-refractivity contribution < 1.29 is 13.9 Å². The smallest absolute Gasteiger partial charge is 0.197 e. The van der Waals surface area contributed by atoms with E-state index in [1.165, 1.54) is 25.3 Å². The van der Waals surface area contributed by atoms with Crippen LogP contribution in [-0.2, 0) is 0 Å². The molecule has 0 unspecified atom stereocenters. The van der Waals surface area contributed by atoms with Crippen molar-refractivity contribution in [2.75, 3.05) is 7.11 Å². The van der Waals surface area contributed by atoms with Crippen LogP contribution in [-0.4, -0.2) is 12.9 Å². The molecule has 0 aliphatic rings. The van der Waals surface area contributed by atoms with Crippen molar-refractivity contribution in [2.24, 2.45) is 0 Å².